The fourth-order valence-electron chi connectivity index (χ4n) is 2.17. The molecule has 1 aliphatic heterocycles. The van der Waals surface area contributed by atoms with Crippen LogP contribution in [0.4, 0.5) is 0 Å². The van der Waals surface area contributed by atoms with E-state index in [1.807, 2.05) is 6.92 Å². The molecular weight excluding hydrogens is 238 g/mol. The average molecular weight is 263 g/mol. The van der Waals surface area contributed by atoms with Crippen LogP contribution in [0.15, 0.2) is 0 Å². The summed E-state index contributed by atoms with van der Waals surface area (Å²) in [6, 6.07) is 0. The zero-order chi connectivity index (χ0) is 12.7. The quantitative estimate of drug-likeness (QED) is 0.660. The smallest absolute Gasteiger partial charge is 0.279 e. The van der Waals surface area contributed by atoms with Gasteiger partial charge >= 0.3 is 0 Å². The first-order chi connectivity index (χ1) is 8.10. The molecule has 0 aromatic rings. The van der Waals surface area contributed by atoms with Crippen LogP contribution in [0.1, 0.15) is 33.1 Å². The predicted octanol–water partition coefficient (Wildman–Crippen LogP) is 0.552. The lowest BCUT2D eigenvalue weighted by molar-refractivity contribution is 0.258. The highest BCUT2D eigenvalue weighted by molar-refractivity contribution is 7.87. The molecule has 17 heavy (non-hydrogen) atoms. The molecule has 0 amide bonds. The molecule has 0 spiro atoms. The minimum absolute atomic E-state index is 0.448. The van der Waals surface area contributed by atoms with Crippen molar-refractivity contribution in [1.29, 1.82) is 0 Å². The Labute approximate surface area is 105 Å². The molecule has 0 aliphatic carbocycles. The number of rotatable bonds is 7. The van der Waals surface area contributed by atoms with E-state index in [0.29, 0.717) is 25.6 Å². The molecule has 0 aromatic heterocycles. The summed E-state index contributed by atoms with van der Waals surface area (Å²) in [4.78, 5) is 0. The van der Waals surface area contributed by atoms with E-state index in [2.05, 4.69) is 17.0 Å². The maximum absolute atomic E-state index is 11.9. The maximum Gasteiger partial charge on any atom is 0.279 e. The van der Waals surface area contributed by atoms with Crippen LogP contribution >= 0.6 is 0 Å². The van der Waals surface area contributed by atoms with E-state index in [9.17, 15) is 8.42 Å². The van der Waals surface area contributed by atoms with Crippen LogP contribution in [-0.4, -0.2) is 45.4 Å². The molecular formula is C11H25N3O2S. The maximum atomic E-state index is 11.9. The van der Waals surface area contributed by atoms with Crippen LogP contribution in [0.25, 0.3) is 0 Å². The van der Waals surface area contributed by atoms with Crippen LogP contribution < -0.4 is 10.0 Å². The highest BCUT2D eigenvalue weighted by Gasteiger charge is 2.27. The van der Waals surface area contributed by atoms with E-state index in [4.69, 9.17) is 0 Å². The van der Waals surface area contributed by atoms with Gasteiger partial charge in [-0.05, 0) is 38.3 Å². The van der Waals surface area contributed by atoms with Gasteiger partial charge in [0, 0.05) is 19.6 Å². The van der Waals surface area contributed by atoms with E-state index >= 15 is 0 Å². The van der Waals surface area contributed by atoms with Gasteiger partial charge in [0.2, 0.25) is 0 Å². The number of piperidine rings is 1. The molecule has 1 aliphatic rings. The van der Waals surface area contributed by atoms with Gasteiger partial charge in [-0.1, -0.05) is 13.8 Å². The molecule has 1 fully saturated rings. The largest absolute Gasteiger partial charge is 0.316 e. The van der Waals surface area contributed by atoms with Crippen LogP contribution in [0.3, 0.4) is 0 Å². The standard InChI is InChI=1S/C11H25N3O2S/c1-3-7-12-9-11-6-5-8-14(10-11)17(15,16)13-4-2/h11-13H,3-10H2,1-2H3. The minimum atomic E-state index is -3.24. The zero-order valence-electron chi connectivity index (χ0n) is 10.9. The Bertz CT molecular complexity index is 306. The fraction of sp³-hybridized carbons (Fsp3) is 1.00. The molecule has 0 radical (unpaired) electrons. The van der Waals surface area contributed by atoms with Gasteiger partial charge in [-0.3, -0.25) is 0 Å². The van der Waals surface area contributed by atoms with Gasteiger partial charge in [-0.2, -0.15) is 12.7 Å². The molecule has 1 rings (SSSR count). The van der Waals surface area contributed by atoms with Crippen LogP contribution in [0.5, 0.6) is 0 Å². The summed E-state index contributed by atoms with van der Waals surface area (Å²) < 4.78 is 27.8. The third kappa shape index (κ3) is 4.91. The van der Waals surface area contributed by atoms with Gasteiger partial charge in [-0.25, -0.2) is 4.72 Å². The first-order valence-electron chi connectivity index (χ1n) is 6.55. The summed E-state index contributed by atoms with van der Waals surface area (Å²) >= 11 is 0. The molecule has 0 saturated carbocycles. The van der Waals surface area contributed by atoms with Crippen molar-refractivity contribution in [2.24, 2.45) is 5.92 Å². The third-order valence-electron chi connectivity index (χ3n) is 3.01. The number of nitrogens with one attached hydrogen (secondary N) is 2. The van der Waals surface area contributed by atoms with Crippen LogP contribution in [0.2, 0.25) is 0 Å². The normalized spacial score (nSPS) is 22.8. The summed E-state index contributed by atoms with van der Waals surface area (Å²) in [5.41, 5.74) is 0. The van der Waals surface area contributed by atoms with Gasteiger partial charge in [0.15, 0.2) is 0 Å². The van der Waals surface area contributed by atoms with E-state index in [1.165, 1.54) is 0 Å². The third-order valence-corrected chi connectivity index (χ3v) is 4.67. The molecule has 1 atom stereocenters. The minimum Gasteiger partial charge on any atom is -0.316 e. The Morgan fingerprint density at radius 1 is 1.35 bits per heavy atom. The van der Waals surface area contributed by atoms with Crippen LogP contribution in [-0.2, 0) is 10.2 Å². The van der Waals surface area contributed by atoms with Crippen molar-refractivity contribution in [3.63, 3.8) is 0 Å². The molecule has 102 valence electrons. The van der Waals surface area contributed by atoms with Crippen molar-refractivity contribution in [3.05, 3.63) is 0 Å². The van der Waals surface area contributed by atoms with Gasteiger partial charge < -0.3 is 5.32 Å². The van der Waals surface area contributed by atoms with Crippen molar-refractivity contribution in [1.82, 2.24) is 14.3 Å². The Morgan fingerprint density at radius 3 is 2.76 bits per heavy atom. The van der Waals surface area contributed by atoms with Gasteiger partial charge in [-0.15, -0.1) is 0 Å². The van der Waals surface area contributed by atoms with E-state index in [1.54, 1.807) is 4.31 Å². The van der Waals surface area contributed by atoms with Crippen molar-refractivity contribution >= 4 is 10.2 Å². The number of hydrogen-bond acceptors (Lipinski definition) is 3. The van der Waals surface area contributed by atoms with Gasteiger partial charge in [0.25, 0.3) is 10.2 Å². The SMILES string of the molecule is CCCNCC1CCCN(S(=O)(=O)NCC)C1. The zero-order valence-corrected chi connectivity index (χ0v) is 11.7. The summed E-state index contributed by atoms with van der Waals surface area (Å²) in [5.74, 6) is 0.448. The average Bonchev–Trinajstić information content (AvgIpc) is 2.30. The van der Waals surface area contributed by atoms with E-state index in [0.717, 1.165) is 32.4 Å². The van der Waals surface area contributed by atoms with E-state index in [-0.39, 0.29) is 0 Å². The molecule has 5 nitrogen and oxygen atoms in total. The lowest BCUT2D eigenvalue weighted by atomic mass is 10.00. The Hall–Kier alpha value is -0.170. The van der Waals surface area contributed by atoms with Crippen molar-refractivity contribution in [2.75, 3.05) is 32.7 Å². The second-order valence-electron chi connectivity index (χ2n) is 4.57. The summed E-state index contributed by atoms with van der Waals surface area (Å²) in [5, 5.41) is 3.37. The molecule has 0 bridgehead atoms. The first-order valence-corrected chi connectivity index (χ1v) is 7.99. The number of hydrogen-bond donors (Lipinski definition) is 2. The Kier molecular flexibility index (Phi) is 6.40. The van der Waals surface area contributed by atoms with Gasteiger partial charge in [0.05, 0.1) is 0 Å². The lowest BCUT2D eigenvalue weighted by Gasteiger charge is -2.31. The Morgan fingerprint density at radius 2 is 2.12 bits per heavy atom. The molecule has 1 unspecified atom stereocenters. The van der Waals surface area contributed by atoms with E-state index < -0.39 is 10.2 Å². The summed E-state index contributed by atoms with van der Waals surface area (Å²) in [6.45, 7) is 7.63. The first kappa shape index (κ1) is 14.9. The van der Waals surface area contributed by atoms with Crippen molar-refractivity contribution < 1.29 is 8.42 Å². The molecule has 1 saturated heterocycles. The second kappa shape index (κ2) is 7.31. The van der Waals surface area contributed by atoms with Crippen molar-refractivity contribution in [3.8, 4) is 0 Å². The monoisotopic (exact) mass is 263 g/mol. The molecule has 1 heterocycles. The molecule has 2 N–H and O–H groups in total. The summed E-state index contributed by atoms with van der Waals surface area (Å²) in [7, 11) is -3.24. The second-order valence-corrected chi connectivity index (χ2v) is 6.33. The Balaban J connectivity index is 2.43. The molecule has 6 heteroatoms. The molecule has 0 aromatic carbocycles. The van der Waals surface area contributed by atoms with Crippen molar-refractivity contribution in [2.45, 2.75) is 33.1 Å². The predicted molar refractivity (Wildman–Crippen MR) is 70.1 cm³/mol. The van der Waals surface area contributed by atoms with Gasteiger partial charge in [0.1, 0.15) is 0 Å². The topological polar surface area (TPSA) is 61.4 Å². The highest BCUT2D eigenvalue weighted by atomic mass is 32.2. The number of nitrogens with zero attached hydrogens (tertiary/aromatic N) is 1. The fourth-order valence-corrected chi connectivity index (χ4v) is 3.49. The highest BCUT2D eigenvalue weighted by Crippen LogP contribution is 2.17. The van der Waals surface area contributed by atoms with Crippen LogP contribution in [0, 0.1) is 5.92 Å². The summed E-state index contributed by atoms with van der Waals surface area (Å²) in [6.07, 6.45) is 3.20. The lowest BCUT2D eigenvalue weighted by Crippen LogP contribution is -2.47.